The van der Waals surface area contributed by atoms with Gasteiger partial charge in [-0.2, -0.15) is 5.21 Å². The van der Waals surface area contributed by atoms with Gasteiger partial charge >= 0.3 is 0 Å². The van der Waals surface area contributed by atoms with Crippen molar-refractivity contribution in [3.63, 3.8) is 0 Å². The lowest BCUT2D eigenvalue weighted by atomic mass is 10.00. The van der Waals surface area contributed by atoms with Crippen molar-refractivity contribution in [3.05, 3.63) is 89.2 Å². The Hall–Kier alpha value is -4.20. The van der Waals surface area contributed by atoms with Gasteiger partial charge in [-0.3, -0.25) is 14.3 Å². The van der Waals surface area contributed by atoms with E-state index in [1.54, 1.807) is 29.4 Å². The van der Waals surface area contributed by atoms with Crippen LogP contribution in [-0.4, -0.2) is 35.2 Å². The van der Waals surface area contributed by atoms with Crippen molar-refractivity contribution in [2.45, 2.75) is 6.54 Å². The number of tetrazole rings is 1. The molecule has 2 aromatic carbocycles. The molecule has 3 aromatic heterocycles. The van der Waals surface area contributed by atoms with Crippen LogP contribution in [0.25, 0.3) is 33.4 Å². The highest BCUT2D eigenvalue weighted by Crippen LogP contribution is 2.29. The molecule has 0 bridgehead atoms. The lowest BCUT2D eigenvalue weighted by Crippen LogP contribution is -2.21. The van der Waals surface area contributed by atoms with Gasteiger partial charge in [-0.15, -0.1) is 10.2 Å². The van der Waals surface area contributed by atoms with Gasteiger partial charge < -0.3 is 0 Å². The highest BCUT2D eigenvalue weighted by molar-refractivity contribution is 5.79. The average molecular weight is 381 g/mol. The molecule has 8 heteroatoms. The molecular formula is C21H15N7O. The van der Waals surface area contributed by atoms with Gasteiger partial charge in [0.15, 0.2) is 0 Å². The lowest BCUT2D eigenvalue weighted by molar-refractivity contribution is 0.748. The second-order valence-corrected chi connectivity index (χ2v) is 6.55. The Kier molecular flexibility index (Phi) is 4.14. The third-order valence-corrected chi connectivity index (χ3v) is 4.76. The minimum atomic E-state index is -0.0480. The van der Waals surface area contributed by atoms with E-state index in [1.165, 1.54) is 0 Å². The summed E-state index contributed by atoms with van der Waals surface area (Å²) in [6, 6.07) is 17.3. The van der Waals surface area contributed by atoms with Gasteiger partial charge in [0.05, 0.1) is 23.8 Å². The van der Waals surface area contributed by atoms with Crippen LogP contribution in [0.5, 0.6) is 0 Å². The van der Waals surface area contributed by atoms with Crippen LogP contribution in [0, 0.1) is 0 Å². The third-order valence-electron chi connectivity index (χ3n) is 4.76. The molecule has 0 fully saturated rings. The van der Waals surface area contributed by atoms with Crippen molar-refractivity contribution < 1.29 is 0 Å². The van der Waals surface area contributed by atoms with Crippen molar-refractivity contribution in [1.29, 1.82) is 0 Å². The largest absolute Gasteiger partial charge is 0.294 e. The summed E-state index contributed by atoms with van der Waals surface area (Å²) in [5.74, 6) is 0.492. The average Bonchev–Trinajstić information content (AvgIpc) is 3.31. The number of rotatable bonds is 4. The fraction of sp³-hybridized carbons (Fsp3) is 0.0476. The predicted molar refractivity (Wildman–Crippen MR) is 108 cm³/mol. The molecule has 0 unspecified atom stereocenters. The molecule has 29 heavy (non-hydrogen) atoms. The molecule has 140 valence electrons. The zero-order valence-corrected chi connectivity index (χ0v) is 15.2. The molecule has 0 amide bonds. The summed E-state index contributed by atoms with van der Waals surface area (Å²) in [5.41, 5.74) is 4.41. The standard InChI is InChI=1S/C21H15N7O/c29-21-17-3-1-2-4-19(17)23-13-28(21)12-14-5-7-15(8-6-14)16-9-10-22-11-18(16)20-24-26-27-25-20/h1-11,13H,12H2,(H,24,25,26,27). The van der Waals surface area contributed by atoms with Gasteiger partial charge in [0, 0.05) is 18.0 Å². The molecule has 0 aliphatic carbocycles. The van der Waals surface area contributed by atoms with E-state index in [1.807, 2.05) is 48.5 Å². The number of hydrogen-bond donors (Lipinski definition) is 1. The first kappa shape index (κ1) is 16.9. The van der Waals surface area contributed by atoms with Crippen molar-refractivity contribution in [1.82, 2.24) is 35.2 Å². The summed E-state index contributed by atoms with van der Waals surface area (Å²) in [4.78, 5) is 21.2. The number of aromatic nitrogens is 7. The quantitative estimate of drug-likeness (QED) is 0.513. The molecule has 0 aliphatic heterocycles. The normalized spacial score (nSPS) is 11.0. The summed E-state index contributed by atoms with van der Waals surface area (Å²) in [7, 11) is 0. The number of hydrogen-bond acceptors (Lipinski definition) is 6. The van der Waals surface area contributed by atoms with Crippen LogP contribution in [0.1, 0.15) is 5.56 Å². The second-order valence-electron chi connectivity index (χ2n) is 6.55. The molecule has 0 radical (unpaired) electrons. The van der Waals surface area contributed by atoms with Gasteiger partial charge in [-0.25, -0.2) is 4.98 Å². The number of fused-ring (bicyclic) bond motifs is 1. The zero-order valence-electron chi connectivity index (χ0n) is 15.2. The summed E-state index contributed by atoms with van der Waals surface area (Å²) >= 11 is 0. The Morgan fingerprint density at radius 2 is 1.83 bits per heavy atom. The molecule has 1 N–H and O–H groups in total. The first-order chi connectivity index (χ1) is 14.3. The van der Waals surface area contributed by atoms with E-state index >= 15 is 0 Å². The molecule has 8 nitrogen and oxygen atoms in total. The number of nitrogens with one attached hydrogen (secondary N) is 1. The second kappa shape index (κ2) is 7.08. The summed E-state index contributed by atoms with van der Waals surface area (Å²) in [6.45, 7) is 0.449. The van der Waals surface area contributed by atoms with Gasteiger partial charge in [0.2, 0.25) is 5.82 Å². The monoisotopic (exact) mass is 381 g/mol. The van der Waals surface area contributed by atoms with Crippen LogP contribution in [0.3, 0.4) is 0 Å². The van der Waals surface area contributed by atoms with Gasteiger partial charge in [0.1, 0.15) is 0 Å². The number of para-hydroxylation sites is 1. The fourth-order valence-electron chi connectivity index (χ4n) is 3.31. The topological polar surface area (TPSA) is 102 Å². The molecule has 0 saturated carbocycles. The molecule has 3 heterocycles. The summed E-state index contributed by atoms with van der Waals surface area (Å²) in [6.07, 6.45) is 5.04. The van der Waals surface area contributed by atoms with Crippen LogP contribution >= 0.6 is 0 Å². The van der Waals surface area contributed by atoms with E-state index in [9.17, 15) is 4.79 Å². The van der Waals surface area contributed by atoms with E-state index in [-0.39, 0.29) is 5.56 Å². The minimum absolute atomic E-state index is 0.0480. The highest BCUT2D eigenvalue weighted by atomic mass is 16.1. The maximum atomic E-state index is 12.7. The smallest absolute Gasteiger partial charge is 0.261 e. The SMILES string of the molecule is O=c1c2ccccc2ncn1Cc1ccc(-c2ccncc2-c2nn[nH]n2)cc1. The van der Waals surface area contributed by atoms with Crippen LogP contribution in [0.2, 0.25) is 0 Å². The molecule has 0 saturated heterocycles. The first-order valence-electron chi connectivity index (χ1n) is 9.01. The highest BCUT2D eigenvalue weighted by Gasteiger charge is 2.11. The van der Waals surface area contributed by atoms with Crippen LogP contribution in [0.15, 0.2) is 78.1 Å². The number of pyridine rings is 1. The third kappa shape index (κ3) is 3.16. The minimum Gasteiger partial charge on any atom is -0.294 e. The van der Waals surface area contributed by atoms with Gasteiger partial charge in [-0.1, -0.05) is 36.4 Å². The first-order valence-corrected chi connectivity index (χ1v) is 9.01. The molecular weight excluding hydrogens is 366 g/mol. The van der Waals surface area contributed by atoms with E-state index in [0.29, 0.717) is 23.3 Å². The van der Waals surface area contributed by atoms with Crippen molar-refractivity contribution in [3.8, 4) is 22.5 Å². The number of H-pyrrole nitrogens is 1. The van der Waals surface area contributed by atoms with Gasteiger partial charge in [-0.05, 0) is 40.1 Å². The Morgan fingerprint density at radius 1 is 0.966 bits per heavy atom. The van der Waals surface area contributed by atoms with Crippen LogP contribution in [0.4, 0.5) is 0 Å². The maximum absolute atomic E-state index is 12.7. The molecule has 0 aliphatic rings. The van der Waals surface area contributed by atoms with Crippen molar-refractivity contribution in [2.75, 3.05) is 0 Å². The maximum Gasteiger partial charge on any atom is 0.261 e. The Bertz CT molecular complexity index is 1340. The molecule has 0 spiro atoms. The fourth-order valence-corrected chi connectivity index (χ4v) is 3.31. The lowest BCUT2D eigenvalue weighted by Gasteiger charge is -2.09. The molecule has 0 atom stereocenters. The number of nitrogens with zero attached hydrogens (tertiary/aromatic N) is 6. The summed E-state index contributed by atoms with van der Waals surface area (Å²) in [5, 5.41) is 14.8. The zero-order chi connectivity index (χ0) is 19.6. The van der Waals surface area contributed by atoms with E-state index in [0.717, 1.165) is 22.3 Å². The Morgan fingerprint density at radius 3 is 2.66 bits per heavy atom. The summed E-state index contributed by atoms with van der Waals surface area (Å²) < 4.78 is 1.62. The Balaban J connectivity index is 1.47. The van der Waals surface area contributed by atoms with E-state index in [2.05, 4.69) is 30.6 Å². The van der Waals surface area contributed by atoms with Crippen molar-refractivity contribution >= 4 is 10.9 Å². The van der Waals surface area contributed by atoms with Gasteiger partial charge in [0.25, 0.3) is 5.56 Å². The van der Waals surface area contributed by atoms with Crippen LogP contribution in [-0.2, 0) is 6.54 Å². The predicted octanol–water partition coefficient (Wildman–Crippen LogP) is 2.69. The van der Waals surface area contributed by atoms with E-state index < -0.39 is 0 Å². The molecule has 5 rings (SSSR count). The number of aromatic amines is 1. The van der Waals surface area contributed by atoms with E-state index in [4.69, 9.17) is 0 Å². The molecule has 5 aromatic rings. The van der Waals surface area contributed by atoms with Crippen molar-refractivity contribution in [2.24, 2.45) is 0 Å². The number of benzene rings is 2. The van der Waals surface area contributed by atoms with Crippen LogP contribution < -0.4 is 5.56 Å². The Labute approximate surface area is 164 Å².